The average Bonchev–Trinajstić information content (AvgIpc) is 2.45. The van der Waals surface area contributed by atoms with Gasteiger partial charge in [-0.3, -0.25) is 9.59 Å². The third-order valence-corrected chi connectivity index (χ3v) is 4.67. The van der Waals surface area contributed by atoms with E-state index >= 15 is 0 Å². The minimum atomic E-state index is -3.69. The molecule has 0 spiro atoms. The van der Waals surface area contributed by atoms with E-state index < -0.39 is 15.9 Å². The standard InChI is InChI=1S/C14H20ClN3O4S/c1-9(2)17-13(19)8-18(4)14(20)11-7-10(5-6-12(11)15)23(21,22)16-3/h5-7,9,16H,8H2,1-4H3,(H,17,19). The van der Waals surface area contributed by atoms with E-state index in [-0.39, 0.29) is 34.0 Å². The third kappa shape index (κ3) is 5.19. The summed E-state index contributed by atoms with van der Waals surface area (Å²) in [6.07, 6.45) is 0. The van der Waals surface area contributed by atoms with E-state index in [0.29, 0.717) is 0 Å². The molecule has 0 unspecified atom stereocenters. The third-order valence-electron chi connectivity index (χ3n) is 2.92. The minimum Gasteiger partial charge on any atom is -0.352 e. The lowest BCUT2D eigenvalue weighted by atomic mass is 10.2. The van der Waals surface area contributed by atoms with Crippen molar-refractivity contribution in [2.75, 3.05) is 20.6 Å². The number of sulfonamides is 1. The molecule has 1 aromatic carbocycles. The van der Waals surface area contributed by atoms with Gasteiger partial charge in [-0.2, -0.15) is 0 Å². The number of halogens is 1. The zero-order valence-corrected chi connectivity index (χ0v) is 15.0. The van der Waals surface area contributed by atoms with Crippen molar-refractivity contribution in [3.8, 4) is 0 Å². The van der Waals surface area contributed by atoms with Crippen LogP contribution in [0, 0.1) is 0 Å². The molecule has 23 heavy (non-hydrogen) atoms. The fraction of sp³-hybridized carbons (Fsp3) is 0.429. The minimum absolute atomic E-state index is 0.0165. The molecule has 0 fully saturated rings. The fourth-order valence-electron chi connectivity index (χ4n) is 1.81. The Morgan fingerprint density at radius 1 is 1.30 bits per heavy atom. The van der Waals surface area contributed by atoms with Crippen LogP contribution in [-0.2, 0) is 14.8 Å². The van der Waals surface area contributed by atoms with Gasteiger partial charge in [-0.15, -0.1) is 0 Å². The van der Waals surface area contributed by atoms with Crippen LogP contribution in [0.2, 0.25) is 5.02 Å². The molecular weight excluding hydrogens is 342 g/mol. The van der Waals surface area contributed by atoms with Gasteiger partial charge in [-0.1, -0.05) is 11.6 Å². The fourth-order valence-corrected chi connectivity index (χ4v) is 2.77. The number of carbonyl (C=O) groups is 2. The Morgan fingerprint density at radius 3 is 2.43 bits per heavy atom. The number of nitrogens with zero attached hydrogens (tertiary/aromatic N) is 1. The number of hydrogen-bond acceptors (Lipinski definition) is 4. The SMILES string of the molecule is CNS(=O)(=O)c1ccc(Cl)c(C(=O)N(C)CC(=O)NC(C)C)c1. The molecule has 7 nitrogen and oxygen atoms in total. The highest BCUT2D eigenvalue weighted by Crippen LogP contribution is 2.21. The van der Waals surface area contributed by atoms with Crippen LogP contribution in [0.25, 0.3) is 0 Å². The van der Waals surface area contributed by atoms with Crippen molar-refractivity contribution in [3.05, 3.63) is 28.8 Å². The van der Waals surface area contributed by atoms with Crippen LogP contribution in [0.5, 0.6) is 0 Å². The summed E-state index contributed by atoms with van der Waals surface area (Å²) in [6.45, 7) is 3.46. The van der Waals surface area contributed by atoms with Gasteiger partial charge in [0.2, 0.25) is 15.9 Å². The van der Waals surface area contributed by atoms with Gasteiger partial charge < -0.3 is 10.2 Å². The Labute approximate surface area is 141 Å². The van der Waals surface area contributed by atoms with E-state index in [0.717, 1.165) is 0 Å². The van der Waals surface area contributed by atoms with Gasteiger partial charge in [-0.25, -0.2) is 13.1 Å². The highest BCUT2D eigenvalue weighted by atomic mass is 35.5. The maximum atomic E-state index is 12.4. The summed E-state index contributed by atoms with van der Waals surface area (Å²) in [7, 11) is -0.980. The zero-order chi connectivity index (χ0) is 17.8. The number of nitrogens with one attached hydrogen (secondary N) is 2. The van der Waals surface area contributed by atoms with Crippen LogP contribution in [0.1, 0.15) is 24.2 Å². The summed E-state index contributed by atoms with van der Waals surface area (Å²) >= 11 is 5.99. The number of hydrogen-bond donors (Lipinski definition) is 2. The van der Waals surface area contributed by atoms with E-state index in [1.807, 2.05) is 13.8 Å². The highest BCUT2D eigenvalue weighted by Gasteiger charge is 2.21. The number of benzene rings is 1. The van der Waals surface area contributed by atoms with Crippen molar-refractivity contribution >= 4 is 33.4 Å². The molecule has 2 N–H and O–H groups in total. The zero-order valence-electron chi connectivity index (χ0n) is 13.4. The Kier molecular flexibility index (Phi) is 6.55. The summed E-state index contributed by atoms with van der Waals surface area (Å²) in [4.78, 5) is 25.2. The second-order valence-corrected chi connectivity index (χ2v) is 7.53. The molecule has 0 saturated carbocycles. The van der Waals surface area contributed by atoms with E-state index in [9.17, 15) is 18.0 Å². The lowest BCUT2D eigenvalue weighted by molar-refractivity contribution is -0.122. The summed E-state index contributed by atoms with van der Waals surface area (Å²) in [5.74, 6) is -0.854. The van der Waals surface area contributed by atoms with Crippen molar-refractivity contribution in [1.29, 1.82) is 0 Å². The Bertz CT molecular complexity index is 704. The van der Waals surface area contributed by atoms with Crippen LogP contribution in [-0.4, -0.2) is 51.8 Å². The molecule has 1 aromatic rings. The predicted molar refractivity (Wildman–Crippen MR) is 87.9 cm³/mol. The monoisotopic (exact) mass is 361 g/mol. The maximum absolute atomic E-state index is 12.4. The molecule has 0 aliphatic heterocycles. The quantitative estimate of drug-likeness (QED) is 0.785. The Morgan fingerprint density at radius 2 is 1.91 bits per heavy atom. The first-order valence-corrected chi connectivity index (χ1v) is 8.72. The molecule has 0 aliphatic rings. The summed E-state index contributed by atoms with van der Waals surface area (Å²) in [5.41, 5.74) is 0.0165. The van der Waals surface area contributed by atoms with Crippen molar-refractivity contribution in [2.24, 2.45) is 0 Å². The van der Waals surface area contributed by atoms with Crippen molar-refractivity contribution in [2.45, 2.75) is 24.8 Å². The van der Waals surface area contributed by atoms with Gasteiger partial charge in [0.1, 0.15) is 0 Å². The molecule has 128 valence electrons. The molecule has 1 rings (SSSR count). The van der Waals surface area contributed by atoms with Crippen molar-refractivity contribution < 1.29 is 18.0 Å². The molecule has 9 heteroatoms. The molecule has 0 atom stereocenters. The van der Waals surface area contributed by atoms with Crippen LogP contribution in [0.15, 0.2) is 23.1 Å². The van der Waals surface area contributed by atoms with Crippen molar-refractivity contribution in [3.63, 3.8) is 0 Å². The van der Waals surface area contributed by atoms with E-state index in [1.54, 1.807) is 0 Å². The lowest BCUT2D eigenvalue weighted by Gasteiger charge is -2.19. The summed E-state index contributed by atoms with van der Waals surface area (Å²) in [5, 5.41) is 2.78. The van der Waals surface area contributed by atoms with Crippen LogP contribution in [0.3, 0.4) is 0 Å². The van der Waals surface area contributed by atoms with Gasteiger partial charge >= 0.3 is 0 Å². The highest BCUT2D eigenvalue weighted by molar-refractivity contribution is 7.89. The Hall–Kier alpha value is -1.64. The molecular formula is C14H20ClN3O4S. The Balaban J connectivity index is 3.03. The number of amides is 2. The second-order valence-electron chi connectivity index (χ2n) is 5.23. The van der Waals surface area contributed by atoms with Crippen molar-refractivity contribution in [1.82, 2.24) is 14.9 Å². The molecule has 0 saturated heterocycles. The number of likely N-dealkylation sites (N-methyl/N-ethyl adjacent to an activating group) is 1. The van der Waals surface area contributed by atoms with E-state index in [4.69, 9.17) is 11.6 Å². The van der Waals surface area contributed by atoms with Crippen LogP contribution in [0.4, 0.5) is 0 Å². The first kappa shape index (κ1) is 19.4. The van der Waals surface area contributed by atoms with Gasteiger partial charge in [-0.05, 0) is 39.1 Å². The molecule has 0 aliphatic carbocycles. The molecule has 0 bridgehead atoms. The lowest BCUT2D eigenvalue weighted by Crippen LogP contribution is -2.41. The first-order chi connectivity index (χ1) is 10.6. The first-order valence-electron chi connectivity index (χ1n) is 6.86. The summed E-state index contributed by atoms with van der Waals surface area (Å²) in [6, 6.07) is 3.78. The maximum Gasteiger partial charge on any atom is 0.255 e. The molecule has 0 aromatic heterocycles. The molecule has 2 amide bonds. The molecule has 0 radical (unpaired) electrons. The number of carbonyl (C=O) groups excluding carboxylic acids is 2. The van der Waals surface area contributed by atoms with Gasteiger partial charge in [0.05, 0.1) is 22.0 Å². The molecule has 0 heterocycles. The predicted octanol–water partition coefficient (Wildman–Crippen LogP) is 0.845. The van der Waals surface area contributed by atoms with Gasteiger partial charge in [0.25, 0.3) is 5.91 Å². The second kappa shape index (κ2) is 7.76. The van der Waals surface area contributed by atoms with E-state index in [2.05, 4.69) is 10.0 Å². The smallest absolute Gasteiger partial charge is 0.255 e. The topological polar surface area (TPSA) is 95.6 Å². The normalized spacial score (nSPS) is 11.4. The number of rotatable bonds is 6. The summed E-state index contributed by atoms with van der Waals surface area (Å²) < 4.78 is 25.8. The largest absolute Gasteiger partial charge is 0.352 e. The van der Waals surface area contributed by atoms with Crippen LogP contribution >= 0.6 is 11.6 Å². The average molecular weight is 362 g/mol. The van der Waals surface area contributed by atoms with Gasteiger partial charge in [0, 0.05) is 13.1 Å². The van der Waals surface area contributed by atoms with Crippen LogP contribution < -0.4 is 10.0 Å². The van der Waals surface area contributed by atoms with Gasteiger partial charge in [0.15, 0.2) is 0 Å². The van der Waals surface area contributed by atoms with E-state index in [1.165, 1.54) is 37.2 Å².